The number of hydrogen-bond acceptors (Lipinski definition) is 5. The third-order valence-corrected chi connectivity index (χ3v) is 3.38. The maximum Gasteiger partial charge on any atom is 0.133 e. The fourth-order valence-corrected chi connectivity index (χ4v) is 2.36. The molecule has 1 N–H and O–H groups in total. The minimum atomic E-state index is 0.235. The summed E-state index contributed by atoms with van der Waals surface area (Å²) in [6.07, 6.45) is 2.68. The highest BCUT2D eigenvalue weighted by Crippen LogP contribution is 2.16. The second-order valence-corrected chi connectivity index (χ2v) is 4.92. The SMILES string of the molecule is OCCN1CCCN(c2cc(Br)ncn2)CC1. The summed E-state index contributed by atoms with van der Waals surface area (Å²) in [5.74, 6) is 0.970. The van der Waals surface area contributed by atoms with Crippen LogP contribution in [0.25, 0.3) is 0 Å². The standard InChI is InChI=1S/C11H17BrN4O/c12-10-8-11(14-9-13-10)16-3-1-2-15(4-5-16)6-7-17/h8-9,17H,1-7H2. The zero-order valence-corrected chi connectivity index (χ0v) is 11.3. The average Bonchev–Trinajstić information content (AvgIpc) is 2.55. The van der Waals surface area contributed by atoms with E-state index in [-0.39, 0.29) is 6.61 Å². The Balaban J connectivity index is 1.99. The number of aromatic nitrogens is 2. The molecule has 1 aliphatic heterocycles. The lowest BCUT2D eigenvalue weighted by Gasteiger charge is -2.22. The van der Waals surface area contributed by atoms with Gasteiger partial charge in [-0.25, -0.2) is 9.97 Å². The van der Waals surface area contributed by atoms with Crippen LogP contribution in [0.5, 0.6) is 0 Å². The van der Waals surface area contributed by atoms with Gasteiger partial charge in [0.1, 0.15) is 16.7 Å². The minimum Gasteiger partial charge on any atom is -0.395 e. The number of anilines is 1. The largest absolute Gasteiger partial charge is 0.395 e. The van der Waals surface area contributed by atoms with Crippen LogP contribution in [0, 0.1) is 0 Å². The molecule has 1 fully saturated rings. The number of β-amino-alcohol motifs (C(OH)–C–C–N with tert-alkyl or cyclic N) is 1. The van der Waals surface area contributed by atoms with Crippen molar-refractivity contribution < 1.29 is 5.11 Å². The van der Waals surface area contributed by atoms with Crippen molar-refractivity contribution in [2.24, 2.45) is 0 Å². The Morgan fingerprint density at radius 3 is 2.88 bits per heavy atom. The van der Waals surface area contributed by atoms with Gasteiger partial charge in [0.25, 0.3) is 0 Å². The van der Waals surface area contributed by atoms with Gasteiger partial charge in [-0.05, 0) is 28.9 Å². The Kier molecular flexibility index (Phi) is 4.70. The summed E-state index contributed by atoms with van der Waals surface area (Å²) in [6.45, 7) is 4.97. The Hall–Kier alpha value is -0.720. The van der Waals surface area contributed by atoms with Crippen molar-refractivity contribution in [3.63, 3.8) is 0 Å². The Morgan fingerprint density at radius 1 is 1.24 bits per heavy atom. The van der Waals surface area contributed by atoms with Crippen LogP contribution in [0.2, 0.25) is 0 Å². The van der Waals surface area contributed by atoms with E-state index < -0.39 is 0 Å². The molecule has 0 bridgehead atoms. The molecular formula is C11H17BrN4O. The molecule has 0 spiro atoms. The van der Waals surface area contributed by atoms with Crippen LogP contribution < -0.4 is 4.90 Å². The summed E-state index contributed by atoms with van der Waals surface area (Å²) < 4.78 is 0.818. The molecule has 17 heavy (non-hydrogen) atoms. The molecule has 0 saturated carbocycles. The van der Waals surface area contributed by atoms with Crippen molar-refractivity contribution in [2.75, 3.05) is 44.2 Å². The van der Waals surface area contributed by atoms with Crippen molar-refractivity contribution in [3.05, 3.63) is 17.0 Å². The van der Waals surface area contributed by atoms with Crippen molar-refractivity contribution >= 4 is 21.7 Å². The van der Waals surface area contributed by atoms with Gasteiger partial charge in [0, 0.05) is 32.2 Å². The first-order valence-electron chi connectivity index (χ1n) is 5.85. The summed E-state index contributed by atoms with van der Waals surface area (Å²) in [4.78, 5) is 12.9. The summed E-state index contributed by atoms with van der Waals surface area (Å²) in [5.41, 5.74) is 0. The Morgan fingerprint density at radius 2 is 2.12 bits per heavy atom. The van der Waals surface area contributed by atoms with E-state index in [1.165, 1.54) is 0 Å². The fraction of sp³-hybridized carbons (Fsp3) is 0.636. The van der Waals surface area contributed by atoms with E-state index >= 15 is 0 Å². The van der Waals surface area contributed by atoms with E-state index in [1.807, 2.05) is 6.07 Å². The normalized spacial score (nSPS) is 18.1. The molecule has 0 atom stereocenters. The molecule has 1 aliphatic rings. The molecule has 94 valence electrons. The van der Waals surface area contributed by atoms with E-state index in [4.69, 9.17) is 5.11 Å². The van der Waals surface area contributed by atoms with Gasteiger partial charge in [0.15, 0.2) is 0 Å². The highest BCUT2D eigenvalue weighted by molar-refractivity contribution is 9.10. The van der Waals surface area contributed by atoms with Gasteiger partial charge in [0.2, 0.25) is 0 Å². The maximum absolute atomic E-state index is 8.95. The minimum absolute atomic E-state index is 0.235. The zero-order chi connectivity index (χ0) is 12.1. The second-order valence-electron chi connectivity index (χ2n) is 4.10. The molecule has 1 aromatic rings. The predicted octanol–water partition coefficient (Wildman–Crippen LogP) is 0.743. The van der Waals surface area contributed by atoms with E-state index in [2.05, 4.69) is 35.7 Å². The predicted molar refractivity (Wildman–Crippen MR) is 70.1 cm³/mol. The number of halogens is 1. The molecule has 1 aromatic heterocycles. The highest BCUT2D eigenvalue weighted by atomic mass is 79.9. The molecular weight excluding hydrogens is 284 g/mol. The van der Waals surface area contributed by atoms with Crippen molar-refractivity contribution in [1.82, 2.24) is 14.9 Å². The Bertz CT molecular complexity index is 363. The molecule has 2 heterocycles. The number of aliphatic hydroxyl groups is 1. The van der Waals surface area contributed by atoms with Gasteiger partial charge in [0.05, 0.1) is 6.61 Å². The topological polar surface area (TPSA) is 52.5 Å². The molecule has 5 nitrogen and oxygen atoms in total. The first-order valence-corrected chi connectivity index (χ1v) is 6.64. The van der Waals surface area contributed by atoms with Gasteiger partial charge in [-0.15, -0.1) is 0 Å². The molecule has 0 aromatic carbocycles. The van der Waals surface area contributed by atoms with Crippen LogP contribution in [0.3, 0.4) is 0 Å². The summed E-state index contributed by atoms with van der Waals surface area (Å²) >= 11 is 3.36. The van der Waals surface area contributed by atoms with Crippen LogP contribution in [-0.2, 0) is 0 Å². The van der Waals surface area contributed by atoms with Crippen LogP contribution in [0.4, 0.5) is 5.82 Å². The van der Waals surface area contributed by atoms with Gasteiger partial charge >= 0.3 is 0 Å². The van der Waals surface area contributed by atoms with E-state index in [1.54, 1.807) is 6.33 Å². The maximum atomic E-state index is 8.95. The van der Waals surface area contributed by atoms with Crippen LogP contribution >= 0.6 is 15.9 Å². The van der Waals surface area contributed by atoms with Crippen LogP contribution in [-0.4, -0.2) is 59.3 Å². The third-order valence-electron chi connectivity index (χ3n) is 2.95. The first-order chi connectivity index (χ1) is 8.29. The van der Waals surface area contributed by atoms with Gasteiger partial charge in [-0.2, -0.15) is 0 Å². The lowest BCUT2D eigenvalue weighted by molar-refractivity contribution is 0.204. The molecule has 6 heteroatoms. The quantitative estimate of drug-likeness (QED) is 0.835. The number of nitrogens with zero attached hydrogens (tertiary/aromatic N) is 4. The fourth-order valence-electron chi connectivity index (χ4n) is 2.06. The lowest BCUT2D eigenvalue weighted by atomic mass is 10.4. The number of rotatable bonds is 3. The second kappa shape index (κ2) is 6.28. The monoisotopic (exact) mass is 300 g/mol. The van der Waals surface area contributed by atoms with Gasteiger partial charge in [-0.3, -0.25) is 4.90 Å². The number of hydrogen-bond donors (Lipinski definition) is 1. The van der Waals surface area contributed by atoms with Crippen LogP contribution in [0.15, 0.2) is 17.0 Å². The van der Waals surface area contributed by atoms with Crippen molar-refractivity contribution in [3.8, 4) is 0 Å². The average molecular weight is 301 g/mol. The molecule has 0 amide bonds. The van der Waals surface area contributed by atoms with Crippen LogP contribution in [0.1, 0.15) is 6.42 Å². The number of aliphatic hydroxyl groups excluding tert-OH is 1. The smallest absolute Gasteiger partial charge is 0.133 e. The molecule has 2 rings (SSSR count). The van der Waals surface area contributed by atoms with Crippen molar-refractivity contribution in [1.29, 1.82) is 0 Å². The zero-order valence-electron chi connectivity index (χ0n) is 9.72. The summed E-state index contributed by atoms with van der Waals surface area (Å²) in [6, 6.07) is 1.95. The molecule has 1 saturated heterocycles. The lowest BCUT2D eigenvalue weighted by Crippen LogP contribution is -2.32. The van der Waals surface area contributed by atoms with E-state index in [0.717, 1.165) is 49.6 Å². The van der Waals surface area contributed by atoms with Gasteiger partial charge < -0.3 is 10.0 Å². The first kappa shape index (κ1) is 12.7. The molecule has 0 aliphatic carbocycles. The highest BCUT2D eigenvalue weighted by Gasteiger charge is 2.15. The summed E-state index contributed by atoms with van der Waals surface area (Å²) in [7, 11) is 0. The Labute approximate surface area is 110 Å². The summed E-state index contributed by atoms with van der Waals surface area (Å²) in [5, 5.41) is 8.95. The van der Waals surface area contributed by atoms with Crippen molar-refractivity contribution in [2.45, 2.75) is 6.42 Å². The third kappa shape index (κ3) is 3.62. The van der Waals surface area contributed by atoms with Gasteiger partial charge in [-0.1, -0.05) is 0 Å². The van der Waals surface area contributed by atoms with E-state index in [0.29, 0.717) is 0 Å². The molecule has 0 unspecified atom stereocenters. The molecule has 0 radical (unpaired) electrons. The van der Waals surface area contributed by atoms with E-state index in [9.17, 15) is 0 Å².